The molecule has 5 nitrogen and oxygen atoms in total. The van der Waals surface area contributed by atoms with Crippen LogP contribution in [0.15, 0.2) is 85.6 Å². The second kappa shape index (κ2) is 13.4. The third-order valence-corrected chi connectivity index (χ3v) is 9.24. The molecule has 3 aromatic rings. The van der Waals surface area contributed by atoms with Crippen molar-refractivity contribution in [1.82, 2.24) is 4.90 Å². The van der Waals surface area contributed by atoms with Gasteiger partial charge in [-0.2, -0.15) is 0 Å². The van der Waals surface area contributed by atoms with Gasteiger partial charge in [-0.3, -0.25) is 9.69 Å². The number of amides is 1. The van der Waals surface area contributed by atoms with Crippen LogP contribution < -0.4 is 9.47 Å². The van der Waals surface area contributed by atoms with Gasteiger partial charge in [0.2, 0.25) is 0 Å². The molecule has 8 heteroatoms. The first kappa shape index (κ1) is 29.0. The number of benzene rings is 3. The summed E-state index contributed by atoms with van der Waals surface area (Å²) < 4.78 is 13.9. The van der Waals surface area contributed by atoms with Gasteiger partial charge in [0.15, 0.2) is 16.7 Å². The van der Waals surface area contributed by atoms with Crippen LogP contribution in [-0.2, 0) is 11.4 Å². The summed E-state index contributed by atoms with van der Waals surface area (Å²) in [5.41, 5.74) is 2.76. The number of nitrogens with zero attached hydrogens (tertiary/aromatic N) is 2. The summed E-state index contributed by atoms with van der Waals surface area (Å²) in [5.74, 6) is 1.72. The number of carbonyl (C=O) groups is 1. The molecule has 0 spiro atoms. The number of amidine groups is 1. The van der Waals surface area contributed by atoms with Crippen molar-refractivity contribution in [3.8, 4) is 11.5 Å². The van der Waals surface area contributed by atoms with Gasteiger partial charge in [-0.05, 0) is 107 Å². The Balaban J connectivity index is 1.45. The fourth-order valence-corrected chi connectivity index (χ4v) is 7.00. The third kappa shape index (κ3) is 6.84. The number of hydrogen-bond acceptors (Lipinski definition) is 5. The van der Waals surface area contributed by atoms with Crippen molar-refractivity contribution in [1.29, 1.82) is 0 Å². The van der Waals surface area contributed by atoms with Gasteiger partial charge in [0.1, 0.15) is 6.61 Å². The molecule has 1 saturated carbocycles. The quantitative estimate of drug-likeness (QED) is 0.222. The second-order valence-corrected chi connectivity index (χ2v) is 12.8. The predicted octanol–water partition coefficient (Wildman–Crippen LogP) is 9.37. The van der Waals surface area contributed by atoms with E-state index in [0.29, 0.717) is 35.5 Å². The summed E-state index contributed by atoms with van der Waals surface area (Å²) in [6, 6.07) is 22.0. The molecule has 1 heterocycles. The summed E-state index contributed by atoms with van der Waals surface area (Å²) in [5, 5.41) is 0.750. The highest BCUT2D eigenvalue weighted by Gasteiger charge is 2.41. The number of halogens is 2. The average molecular weight is 684 g/mol. The van der Waals surface area contributed by atoms with Gasteiger partial charge in [-0.1, -0.05) is 66.0 Å². The Bertz CT molecular complexity index is 1410. The minimum Gasteiger partial charge on any atom is -0.490 e. The molecule has 5 rings (SSSR count). The van der Waals surface area contributed by atoms with Crippen molar-refractivity contribution in [2.45, 2.75) is 52.2 Å². The minimum atomic E-state index is 0.0167. The van der Waals surface area contributed by atoms with E-state index in [2.05, 4.69) is 38.8 Å². The van der Waals surface area contributed by atoms with Crippen molar-refractivity contribution in [2.24, 2.45) is 10.9 Å². The zero-order valence-electron chi connectivity index (χ0n) is 22.6. The van der Waals surface area contributed by atoms with Crippen LogP contribution in [0.25, 0.3) is 6.08 Å². The van der Waals surface area contributed by atoms with E-state index in [-0.39, 0.29) is 11.9 Å². The number of para-hydroxylation sites is 1. The Morgan fingerprint density at radius 3 is 2.50 bits per heavy atom. The van der Waals surface area contributed by atoms with Crippen LogP contribution in [0.5, 0.6) is 11.5 Å². The Morgan fingerprint density at radius 2 is 1.77 bits per heavy atom. The van der Waals surface area contributed by atoms with Crippen LogP contribution >= 0.6 is 43.6 Å². The van der Waals surface area contributed by atoms with Crippen LogP contribution in [0.3, 0.4) is 0 Å². The highest BCUT2D eigenvalue weighted by atomic mass is 79.9. The van der Waals surface area contributed by atoms with Crippen molar-refractivity contribution >= 4 is 66.5 Å². The molecular weight excluding hydrogens is 652 g/mol. The van der Waals surface area contributed by atoms with Crippen molar-refractivity contribution in [3.63, 3.8) is 0 Å². The summed E-state index contributed by atoms with van der Waals surface area (Å²) in [6.45, 7) is 5.11. The van der Waals surface area contributed by atoms with E-state index in [1.54, 1.807) is 0 Å². The minimum absolute atomic E-state index is 0.0167. The van der Waals surface area contributed by atoms with E-state index in [9.17, 15) is 4.79 Å². The number of carbonyl (C=O) groups excluding carboxylic acids is 1. The van der Waals surface area contributed by atoms with Crippen LogP contribution in [0.1, 0.15) is 50.7 Å². The number of thioether (sulfide) groups is 1. The first-order valence-corrected chi connectivity index (χ1v) is 16.0. The maximum absolute atomic E-state index is 13.9. The van der Waals surface area contributed by atoms with E-state index in [4.69, 9.17) is 14.5 Å². The van der Waals surface area contributed by atoms with E-state index in [0.717, 1.165) is 50.2 Å². The summed E-state index contributed by atoms with van der Waals surface area (Å²) in [7, 11) is 0. The number of ether oxygens (including phenoxy) is 2. The molecule has 1 saturated heterocycles. The van der Waals surface area contributed by atoms with Gasteiger partial charge >= 0.3 is 0 Å². The lowest BCUT2D eigenvalue weighted by atomic mass is 9.85. The summed E-state index contributed by atoms with van der Waals surface area (Å²) >= 11 is 8.61. The zero-order valence-corrected chi connectivity index (χ0v) is 26.6. The molecule has 3 aromatic carbocycles. The third-order valence-electron chi connectivity index (χ3n) is 7.14. The van der Waals surface area contributed by atoms with E-state index >= 15 is 0 Å². The molecule has 1 aliphatic carbocycles. The topological polar surface area (TPSA) is 51.1 Å². The molecule has 0 radical (unpaired) electrons. The van der Waals surface area contributed by atoms with Gasteiger partial charge in [0.25, 0.3) is 5.91 Å². The Morgan fingerprint density at radius 1 is 1.02 bits per heavy atom. The predicted molar refractivity (Wildman–Crippen MR) is 171 cm³/mol. The molecule has 0 aromatic heterocycles. The molecule has 0 unspecified atom stereocenters. The Labute approximate surface area is 257 Å². The summed E-state index contributed by atoms with van der Waals surface area (Å²) in [4.78, 5) is 21.4. The molecular formula is C32H32Br2N2O3S. The van der Waals surface area contributed by atoms with Gasteiger partial charge in [-0.15, -0.1) is 0 Å². The van der Waals surface area contributed by atoms with Gasteiger partial charge < -0.3 is 9.47 Å². The zero-order chi connectivity index (χ0) is 28.1. The molecule has 1 aliphatic heterocycles. The first-order chi connectivity index (χ1) is 19.4. The Kier molecular flexibility index (Phi) is 9.71. The fraction of sp³-hybridized carbons (Fsp3) is 0.312. The van der Waals surface area contributed by atoms with E-state index < -0.39 is 0 Å². The van der Waals surface area contributed by atoms with Crippen molar-refractivity contribution in [3.05, 3.63) is 91.7 Å². The van der Waals surface area contributed by atoms with Gasteiger partial charge in [0, 0.05) is 10.5 Å². The molecule has 40 heavy (non-hydrogen) atoms. The van der Waals surface area contributed by atoms with Gasteiger partial charge in [0.05, 0.1) is 21.7 Å². The lowest BCUT2D eigenvalue weighted by Crippen LogP contribution is -2.44. The standard InChI is InChI=1S/C32H32Br2N2O3S/c1-3-38-28-18-23(17-26(34)30(28)39-20-22-13-15-24(33)16-14-22)19-29-31(37)36(27-12-8-7-9-21(27)2)32(40-29)35-25-10-5-4-6-11-25/h4-6,10-11,13-19,21,27H,3,7-9,12,20H2,1-2H3/b29-19-,35-32?/t21-,27-/m1/s1. The van der Waals surface area contributed by atoms with Crippen LogP contribution in [0.4, 0.5) is 5.69 Å². The fourth-order valence-electron chi connectivity index (χ4n) is 5.11. The molecule has 1 amide bonds. The Hall–Kier alpha value is -2.55. The van der Waals surface area contributed by atoms with Crippen LogP contribution in [0.2, 0.25) is 0 Å². The lowest BCUT2D eigenvalue weighted by Gasteiger charge is -2.35. The molecule has 2 aliphatic rings. The van der Waals surface area contributed by atoms with Crippen LogP contribution in [0, 0.1) is 5.92 Å². The number of rotatable bonds is 8. The van der Waals surface area contributed by atoms with Crippen LogP contribution in [-0.4, -0.2) is 28.6 Å². The maximum Gasteiger partial charge on any atom is 0.267 e. The SMILES string of the molecule is CCOc1cc(/C=C2\SC(=Nc3ccccc3)N([C@@H]3CCCC[C@H]3C)C2=O)cc(Br)c1OCc1ccc(Br)cc1. The monoisotopic (exact) mass is 682 g/mol. The van der Waals surface area contributed by atoms with Gasteiger partial charge in [-0.25, -0.2) is 4.99 Å². The first-order valence-electron chi connectivity index (χ1n) is 13.6. The summed E-state index contributed by atoms with van der Waals surface area (Å²) in [6.07, 6.45) is 6.41. The number of aliphatic imine (C=N–C) groups is 1. The molecule has 0 bridgehead atoms. The van der Waals surface area contributed by atoms with Crippen molar-refractivity contribution < 1.29 is 14.3 Å². The highest BCUT2D eigenvalue weighted by Crippen LogP contribution is 2.42. The smallest absolute Gasteiger partial charge is 0.267 e. The molecule has 2 fully saturated rings. The average Bonchev–Trinajstić information content (AvgIpc) is 3.24. The normalized spacial score (nSPS) is 21.3. The van der Waals surface area contributed by atoms with E-state index in [1.165, 1.54) is 18.2 Å². The lowest BCUT2D eigenvalue weighted by molar-refractivity contribution is -0.124. The highest BCUT2D eigenvalue weighted by molar-refractivity contribution is 9.10. The van der Waals surface area contributed by atoms with E-state index in [1.807, 2.05) is 84.6 Å². The maximum atomic E-state index is 13.9. The molecule has 208 valence electrons. The second-order valence-electron chi connectivity index (χ2n) is 10.0. The number of hydrogen-bond donors (Lipinski definition) is 0. The molecule has 0 N–H and O–H groups in total. The largest absolute Gasteiger partial charge is 0.490 e. The molecule has 2 atom stereocenters. The van der Waals surface area contributed by atoms with Crippen molar-refractivity contribution in [2.75, 3.05) is 6.61 Å².